The summed E-state index contributed by atoms with van der Waals surface area (Å²) in [6.07, 6.45) is 6.50. The molecule has 0 amide bonds. The highest BCUT2D eigenvalue weighted by Crippen LogP contribution is 2.25. The first-order valence-corrected chi connectivity index (χ1v) is 8.54. The molecule has 0 aromatic heterocycles. The lowest BCUT2D eigenvalue weighted by molar-refractivity contribution is -0.0282. The van der Waals surface area contributed by atoms with Crippen molar-refractivity contribution >= 4 is 0 Å². The van der Waals surface area contributed by atoms with E-state index in [1.165, 1.54) is 12.8 Å². The number of aliphatic hydroxyl groups excluding tert-OH is 2. The third-order valence-corrected chi connectivity index (χ3v) is 4.48. The molecule has 1 aliphatic carbocycles. The van der Waals surface area contributed by atoms with Crippen LogP contribution >= 0.6 is 0 Å². The number of ether oxygens (including phenoxy) is 1. The average Bonchev–Trinajstić information content (AvgIpc) is 2.44. The van der Waals surface area contributed by atoms with Crippen LogP contribution in [0.15, 0.2) is 0 Å². The van der Waals surface area contributed by atoms with Gasteiger partial charge in [0.25, 0.3) is 0 Å². The molecule has 1 unspecified atom stereocenters. The Morgan fingerprint density at radius 1 is 1.24 bits per heavy atom. The summed E-state index contributed by atoms with van der Waals surface area (Å²) in [6, 6.07) is 0. The van der Waals surface area contributed by atoms with E-state index in [0.717, 1.165) is 38.1 Å². The highest BCUT2D eigenvalue weighted by atomic mass is 16.5. The van der Waals surface area contributed by atoms with Crippen molar-refractivity contribution in [3.05, 3.63) is 0 Å². The predicted octanol–water partition coefficient (Wildman–Crippen LogP) is 2.33. The van der Waals surface area contributed by atoms with Gasteiger partial charge in [0, 0.05) is 19.7 Å². The summed E-state index contributed by atoms with van der Waals surface area (Å²) < 4.78 is 5.82. The van der Waals surface area contributed by atoms with Crippen LogP contribution in [0.5, 0.6) is 0 Å². The Hall–Kier alpha value is -0.160. The molecule has 1 atom stereocenters. The van der Waals surface area contributed by atoms with Gasteiger partial charge in [-0.05, 0) is 49.9 Å². The van der Waals surface area contributed by atoms with Crippen LogP contribution in [0.2, 0.25) is 0 Å². The fourth-order valence-corrected chi connectivity index (χ4v) is 2.93. The van der Waals surface area contributed by atoms with Gasteiger partial charge in [-0.3, -0.25) is 0 Å². The Balaban J connectivity index is 2.07. The van der Waals surface area contributed by atoms with Crippen molar-refractivity contribution in [3.8, 4) is 0 Å². The van der Waals surface area contributed by atoms with Crippen LogP contribution < -0.4 is 5.32 Å². The summed E-state index contributed by atoms with van der Waals surface area (Å²) >= 11 is 0. The molecule has 0 saturated heterocycles. The normalized spacial score (nSPS) is 25.0. The second kappa shape index (κ2) is 9.78. The number of nitrogens with one attached hydrogen (secondary N) is 1. The van der Waals surface area contributed by atoms with E-state index >= 15 is 0 Å². The molecule has 0 aromatic rings. The van der Waals surface area contributed by atoms with Crippen molar-refractivity contribution in [2.45, 2.75) is 71.5 Å². The summed E-state index contributed by atoms with van der Waals surface area (Å²) in [5, 5.41) is 22.2. The van der Waals surface area contributed by atoms with E-state index in [0.29, 0.717) is 19.3 Å². The van der Waals surface area contributed by atoms with Gasteiger partial charge >= 0.3 is 0 Å². The molecular weight excluding hydrogens is 266 g/mol. The van der Waals surface area contributed by atoms with Crippen molar-refractivity contribution in [3.63, 3.8) is 0 Å². The fraction of sp³-hybridized carbons (Fsp3) is 1.00. The van der Waals surface area contributed by atoms with Crippen LogP contribution in [0.25, 0.3) is 0 Å². The molecule has 1 rings (SSSR count). The molecule has 0 aliphatic heterocycles. The van der Waals surface area contributed by atoms with E-state index in [1.54, 1.807) is 0 Å². The van der Waals surface area contributed by atoms with Crippen molar-refractivity contribution < 1.29 is 14.9 Å². The van der Waals surface area contributed by atoms with Gasteiger partial charge in [-0.15, -0.1) is 0 Å². The van der Waals surface area contributed by atoms with E-state index in [9.17, 15) is 5.11 Å². The lowest BCUT2D eigenvalue weighted by Gasteiger charge is -2.28. The molecule has 0 heterocycles. The molecule has 0 radical (unpaired) electrons. The van der Waals surface area contributed by atoms with Crippen LogP contribution in [0.4, 0.5) is 0 Å². The topological polar surface area (TPSA) is 61.7 Å². The van der Waals surface area contributed by atoms with Crippen LogP contribution in [-0.4, -0.2) is 48.7 Å². The van der Waals surface area contributed by atoms with Crippen LogP contribution in [0.1, 0.15) is 59.3 Å². The molecule has 21 heavy (non-hydrogen) atoms. The molecule has 3 N–H and O–H groups in total. The molecule has 1 saturated carbocycles. The minimum atomic E-state index is -0.432. The van der Waals surface area contributed by atoms with Gasteiger partial charge in [0.05, 0.1) is 18.8 Å². The SMILES string of the molecule is CC1CCC(OCC(O)CNCC(C)(C)CCCO)CC1. The highest BCUT2D eigenvalue weighted by Gasteiger charge is 2.20. The predicted molar refractivity (Wildman–Crippen MR) is 86.3 cm³/mol. The van der Waals surface area contributed by atoms with Gasteiger partial charge in [-0.2, -0.15) is 0 Å². The third-order valence-electron chi connectivity index (χ3n) is 4.48. The Kier molecular flexibility index (Phi) is 8.79. The number of rotatable bonds is 10. The van der Waals surface area contributed by atoms with Crippen molar-refractivity contribution in [2.75, 3.05) is 26.3 Å². The minimum absolute atomic E-state index is 0.156. The molecule has 0 aromatic carbocycles. The molecule has 126 valence electrons. The Bertz CT molecular complexity index is 263. The van der Waals surface area contributed by atoms with Crippen LogP contribution in [0.3, 0.4) is 0 Å². The smallest absolute Gasteiger partial charge is 0.0897 e. The minimum Gasteiger partial charge on any atom is -0.396 e. The molecule has 4 heteroatoms. The Morgan fingerprint density at radius 2 is 1.90 bits per heavy atom. The maximum absolute atomic E-state index is 9.98. The molecule has 4 nitrogen and oxygen atoms in total. The molecular formula is C17H35NO3. The van der Waals surface area contributed by atoms with Gasteiger partial charge in [0.15, 0.2) is 0 Å². The van der Waals surface area contributed by atoms with Crippen molar-refractivity contribution in [1.82, 2.24) is 5.32 Å². The standard InChI is InChI=1S/C17H35NO3/c1-14-5-7-16(8-6-14)21-12-15(20)11-18-13-17(2,3)9-4-10-19/h14-16,18-20H,4-13H2,1-3H3. The fourth-order valence-electron chi connectivity index (χ4n) is 2.93. The van der Waals surface area contributed by atoms with Gasteiger partial charge in [0.2, 0.25) is 0 Å². The molecule has 1 aliphatic rings. The second-order valence-corrected chi connectivity index (χ2v) is 7.49. The average molecular weight is 301 g/mol. The first-order chi connectivity index (χ1) is 9.93. The van der Waals surface area contributed by atoms with Crippen LogP contribution in [-0.2, 0) is 4.74 Å². The Morgan fingerprint density at radius 3 is 2.52 bits per heavy atom. The summed E-state index contributed by atoms with van der Waals surface area (Å²) in [5.74, 6) is 0.831. The number of hydrogen-bond acceptors (Lipinski definition) is 4. The zero-order valence-electron chi connectivity index (χ0n) is 14.1. The molecule has 0 bridgehead atoms. The lowest BCUT2D eigenvalue weighted by atomic mass is 9.88. The summed E-state index contributed by atoms with van der Waals surface area (Å²) in [4.78, 5) is 0. The molecule has 0 spiro atoms. The maximum atomic E-state index is 9.98. The van der Waals surface area contributed by atoms with E-state index in [2.05, 4.69) is 26.1 Å². The maximum Gasteiger partial charge on any atom is 0.0897 e. The van der Waals surface area contributed by atoms with Gasteiger partial charge in [-0.1, -0.05) is 20.8 Å². The Labute approximate surface area is 130 Å². The van der Waals surface area contributed by atoms with Gasteiger partial charge < -0.3 is 20.3 Å². The zero-order chi connectivity index (χ0) is 15.7. The van der Waals surface area contributed by atoms with E-state index in [4.69, 9.17) is 9.84 Å². The first-order valence-electron chi connectivity index (χ1n) is 8.54. The van der Waals surface area contributed by atoms with E-state index in [1.807, 2.05) is 0 Å². The summed E-state index contributed by atoms with van der Waals surface area (Å²) in [7, 11) is 0. The number of aliphatic hydroxyl groups is 2. The summed E-state index contributed by atoms with van der Waals surface area (Å²) in [5.41, 5.74) is 0.156. The van der Waals surface area contributed by atoms with Crippen LogP contribution in [0, 0.1) is 11.3 Å². The van der Waals surface area contributed by atoms with E-state index in [-0.39, 0.29) is 12.0 Å². The third kappa shape index (κ3) is 8.77. The monoisotopic (exact) mass is 301 g/mol. The van der Waals surface area contributed by atoms with Crippen molar-refractivity contribution in [2.24, 2.45) is 11.3 Å². The van der Waals surface area contributed by atoms with E-state index < -0.39 is 6.10 Å². The largest absolute Gasteiger partial charge is 0.396 e. The highest BCUT2D eigenvalue weighted by molar-refractivity contribution is 4.74. The quantitative estimate of drug-likeness (QED) is 0.579. The second-order valence-electron chi connectivity index (χ2n) is 7.49. The van der Waals surface area contributed by atoms with Gasteiger partial charge in [-0.25, -0.2) is 0 Å². The molecule has 1 fully saturated rings. The summed E-state index contributed by atoms with van der Waals surface area (Å²) in [6.45, 7) is 8.77. The lowest BCUT2D eigenvalue weighted by Crippen LogP contribution is -2.37. The van der Waals surface area contributed by atoms with Gasteiger partial charge in [0.1, 0.15) is 0 Å². The zero-order valence-corrected chi connectivity index (χ0v) is 14.1. The number of hydrogen-bond donors (Lipinski definition) is 3. The van der Waals surface area contributed by atoms with Crippen molar-refractivity contribution in [1.29, 1.82) is 0 Å². The first kappa shape index (κ1) is 18.9.